The van der Waals surface area contributed by atoms with E-state index >= 15 is 0 Å². The number of ether oxygens (including phenoxy) is 3. The number of nitrogens with one attached hydrogen (secondary N) is 6. The number of phenols is 1. The summed E-state index contributed by atoms with van der Waals surface area (Å²) in [6, 6.07) is 44.1. The number of carbonyl (C=O) groups is 5. The number of hydrazine groups is 1. The molecule has 111 heavy (non-hydrogen) atoms. The van der Waals surface area contributed by atoms with E-state index in [2.05, 4.69) is 147 Å². The Hall–Kier alpha value is -9.61. The van der Waals surface area contributed by atoms with Crippen LogP contribution in [0.2, 0.25) is 0 Å². The fourth-order valence-corrected chi connectivity index (χ4v) is 13.3. The lowest BCUT2D eigenvalue weighted by molar-refractivity contribution is -0.135. The van der Waals surface area contributed by atoms with E-state index in [1.54, 1.807) is 63.4 Å². The van der Waals surface area contributed by atoms with Crippen molar-refractivity contribution in [2.45, 2.75) is 46.5 Å². The second-order valence-corrected chi connectivity index (χ2v) is 29.1. The summed E-state index contributed by atoms with van der Waals surface area (Å²) in [6.45, 7) is 5.59. The number of nitrogens with zero attached hydrogens (tertiary/aromatic N) is 1. The van der Waals surface area contributed by atoms with Crippen molar-refractivity contribution in [3.05, 3.63) is 282 Å². The van der Waals surface area contributed by atoms with Gasteiger partial charge in [-0.15, -0.1) is 0 Å². The Bertz CT molecular complexity index is 5530. The summed E-state index contributed by atoms with van der Waals surface area (Å²) in [5, 5.41) is 24.5. The number of aromatic nitrogens is 4. The van der Waals surface area contributed by atoms with Crippen molar-refractivity contribution in [3.8, 4) is 11.5 Å². The molecule has 0 aliphatic rings. The number of rotatable bonds is 17. The quantitative estimate of drug-likeness (QED) is 0.00771. The molecule has 4 heterocycles. The second kappa shape index (κ2) is 42.7. The Labute approximate surface area is 688 Å². The van der Waals surface area contributed by atoms with Gasteiger partial charge in [0.25, 0.3) is 0 Å². The van der Waals surface area contributed by atoms with Gasteiger partial charge in [0, 0.05) is 71.4 Å². The van der Waals surface area contributed by atoms with Crippen LogP contribution >= 0.6 is 112 Å². The number of hydrazone groups is 1. The van der Waals surface area contributed by atoms with E-state index in [1.807, 2.05) is 30.3 Å². The number of hydrogen-bond acceptors (Lipinski definition) is 14. The number of aromatic carboxylic acids is 1. The Balaban J connectivity index is 0.000000184. The molecule has 0 amide bonds. The average molecular weight is 1980 g/mol. The highest BCUT2D eigenvalue weighted by atomic mass is 79.9. The molecule has 13 rings (SSSR count). The fraction of sp³-hybridized carbons (Fsp3) is 0.128. The first-order valence-electron chi connectivity index (χ1n) is 32.6. The summed E-state index contributed by atoms with van der Waals surface area (Å²) in [6.07, 6.45) is 1.86. The topological polar surface area (TPSA) is 305 Å². The highest BCUT2D eigenvalue weighted by Gasteiger charge is 2.18. The molecule has 0 bridgehead atoms. The summed E-state index contributed by atoms with van der Waals surface area (Å²) in [4.78, 5) is 69.6. The Kier molecular flexibility index (Phi) is 34.1. The molecular formula is C78H65Br7F7N9O10. The highest BCUT2D eigenvalue weighted by Crippen LogP contribution is 2.32. The van der Waals surface area contributed by atoms with Crippen molar-refractivity contribution in [1.29, 1.82) is 0 Å². The highest BCUT2D eigenvalue weighted by molar-refractivity contribution is 9.11. The third kappa shape index (κ3) is 26.8. The Morgan fingerprint density at radius 1 is 0.459 bits per heavy atom. The number of aryl methyl sites for hydroxylation is 2. The molecule has 19 nitrogen and oxygen atoms in total. The van der Waals surface area contributed by atoms with Crippen molar-refractivity contribution in [2.24, 2.45) is 10.9 Å². The number of carbonyl (C=O) groups excluding carboxylic acids is 4. The maximum Gasteiger partial charge on any atom is 0.354 e. The lowest BCUT2D eigenvalue weighted by Gasteiger charge is -2.05. The number of carboxylic acid groups (broad SMARTS) is 1. The summed E-state index contributed by atoms with van der Waals surface area (Å²) < 4.78 is 109. The third-order valence-electron chi connectivity index (χ3n) is 15.1. The van der Waals surface area contributed by atoms with Gasteiger partial charge in [-0.3, -0.25) is 20.9 Å². The van der Waals surface area contributed by atoms with E-state index in [1.165, 1.54) is 110 Å². The van der Waals surface area contributed by atoms with Crippen LogP contribution in [0.15, 0.2) is 212 Å². The van der Waals surface area contributed by atoms with Gasteiger partial charge in [0.1, 0.15) is 69.3 Å². The maximum atomic E-state index is 13.4. The summed E-state index contributed by atoms with van der Waals surface area (Å²) in [7, 11) is 1.62. The largest absolute Gasteiger partial charge is 0.508 e. The number of nitrogen functional groups attached to an aromatic ring is 2. The molecule has 4 aromatic heterocycles. The van der Waals surface area contributed by atoms with Crippen LogP contribution in [0.5, 0.6) is 11.5 Å². The Morgan fingerprint density at radius 3 is 1.25 bits per heavy atom. The molecule has 12 N–H and O–H groups in total. The molecule has 0 atom stereocenters. The minimum Gasteiger partial charge on any atom is -0.508 e. The first-order chi connectivity index (χ1) is 52.8. The zero-order valence-corrected chi connectivity index (χ0v) is 69.6. The number of Topliss-reactive ketones (excluding diaryl/α,β-unsaturated/α-hetero) is 2. The molecule has 0 fully saturated rings. The molecule has 0 aliphatic carbocycles. The van der Waals surface area contributed by atoms with Crippen LogP contribution in [0.4, 0.5) is 47.8 Å². The first-order valence-corrected chi connectivity index (χ1v) is 38.2. The molecule has 33 heteroatoms. The van der Waals surface area contributed by atoms with Crippen molar-refractivity contribution < 1.29 is 79.1 Å². The monoisotopic (exact) mass is 1970 g/mol. The minimum atomic E-state index is -1.06. The molecule has 0 radical (unpaired) electrons. The number of benzene rings is 9. The molecule has 580 valence electrons. The Morgan fingerprint density at radius 2 is 0.847 bits per heavy atom. The van der Waals surface area contributed by atoms with Crippen molar-refractivity contribution in [2.75, 3.05) is 36.9 Å². The smallest absolute Gasteiger partial charge is 0.354 e. The number of hydrogen-bond donors (Lipinski definition) is 10. The number of carboxylic acids is 1. The first kappa shape index (κ1) is 88.6. The number of fused-ring (bicyclic) bond motifs is 4. The van der Waals surface area contributed by atoms with E-state index in [9.17, 15) is 59.8 Å². The number of aromatic amines is 4. The van der Waals surface area contributed by atoms with Gasteiger partial charge in [0.15, 0.2) is 11.6 Å². The molecular weight excluding hydrogens is 1920 g/mol. The molecule has 13 aromatic rings. The molecule has 0 spiro atoms. The van der Waals surface area contributed by atoms with E-state index in [0.717, 1.165) is 22.4 Å². The predicted octanol–water partition coefficient (Wildman–Crippen LogP) is 22.5. The molecule has 0 saturated heterocycles. The zero-order valence-electron chi connectivity index (χ0n) is 58.5. The maximum absolute atomic E-state index is 13.4. The number of phenolic OH excluding ortho intramolecular Hbond substituents is 1. The van der Waals surface area contributed by atoms with Crippen molar-refractivity contribution in [3.63, 3.8) is 0 Å². The van der Waals surface area contributed by atoms with Gasteiger partial charge in [-0.25, -0.2) is 45.1 Å². The van der Waals surface area contributed by atoms with Gasteiger partial charge in [-0.2, -0.15) is 5.10 Å². The number of methoxy groups -OCH3 is 1. The molecule has 0 saturated carbocycles. The lowest BCUT2D eigenvalue weighted by atomic mass is 10.1. The van der Waals surface area contributed by atoms with Gasteiger partial charge in [0.2, 0.25) is 0 Å². The molecule has 0 aliphatic heterocycles. The van der Waals surface area contributed by atoms with Crippen LogP contribution in [0.3, 0.4) is 0 Å². The van der Waals surface area contributed by atoms with Crippen molar-refractivity contribution in [1.82, 2.24) is 19.9 Å². The van der Waals surface area contributed by atoms with Crippen LogP contribution in [0, 0.1) is 40.7 Å². The number of halogens is 14. The van der Waals surface area contributed by atoms with Crippen molar-refractivity contribution >= 4 is 207 Å². The van der Waals surface area contributed by atoms with Gasteiger partial charge in [-0.05, 0) is 308 Å². The SMILES string of the molecule is CCOC(=O)/C(C)=N/Nc1ccc(F)cc1Br.CCOC(=O)c1cc2cc(F)cc(Br)c2[nH]1.COc1cccc(CCC(=O)c2cc3cc(F)cc(Br)c3[nH]2)c1.NNc1ccc(F)cc1Br.Nc1ccc(F)cc1Br.O=C(CCc1cccc(O)c1)c1cc2cc(F)cc(Br)c2[nH]1.O=C(O)c1cc2cc(F)cc(Br)c2[nH]1. The van der Waals surface area contributed by atoms with E-state index in [-0.39, 0.29) is 63.6 Å². The number of H-pyrrole nitrogens is 4. The summed E-state index contributed by atoms with van der Waals surface area (Å²) in [5.74, 6) is 1.66. The average Bonchev–Trinajstić information content (AvgIpc) is 1.68. The zero-order chi connectivity index (χ0) is 81.3. The number of nitrogens with two attached hydrogens (primary N) is 2. The summed E-state index contributed by atoms with van der Waals surface area (Å²) in [5.41, 5.74) is 18.4. The van der Waals surface area contributed by atoms with Crippen LogP contribution in [-0.2, 0) is 27.1 Å². The fourth-order valence-electron chi connectivity index (χ4n) is 9.83. The second-order valence-electron chi connectivity index (χ2n) is 23.1. The third-order valence-corrected chi connectivity index (χ3v) is 19.6. The van der Waals surface area contributed by atoms with Gasteiger partial charge < -0.3 is 55.5 Å². The van der Waals surface area contributed by atoms with Crippen LogP contribution < -0.4 is 27.2 Å². The van der Waals surface area contributed by atoms with E-state index in [4.69, 9.17) is 30.9 Å². The number of aromatic hydroxyl groups is 1. The van der Waals surface area contributed by atoms with Gasteiger partial charge in [-0.1, -0.05) is 24.3 Å². The number of anilines is 3. The predicted molar refractivity (Wildman–Crippen MR) is 441 cm³/mol. The standard InChI is InChI=1S/C18H15BrFNO2.C17H13BrFNO2.C11H12BrFN2O2.C11H9BrFNO2.C9H5BrFNO2.C6H6BrFN2.C6H5BrFN/c1-23-14-4-2-3-11(7-14)5-6-17(22)16-9-12-8-13(20)10-15(19)18(12)21-16;18-14-9-12(19)7-11-8-15(20-17(11)14)16(22)5-4-10-2-1-3-13(21)6-10;1-3-17-11(16)7(2)14-15-10-5-4-8(13)6-9(10)12;1-2-16-11(15)9-4-6-3-7(13)5-8(12)10(6)14-9;10-6-3-5(11)1-4-2-7(9(13)14)12-8(4)6;7-5-3-4(8)1-2-6(5)10-9;7-5-3-4(8)1-2-6(5)9/h2-4,7-10,21H,5-6H2,1H3;1-3,6-9,20-21H,4-5H2;4-6,15H,3H2,1-2H3;3-5,14H,2H2,1H3;1-3,12H,(H,13,14);1-3,10H,9H2;1-3H,9H2/b;;14-7+;;;;. The normalized spacial score (nSPS) is 10.7. The number of ketones is 2. The van der Waals surface area contributed by atoms with E-state index < -0.39 is 23.7 Å². The minimum absolute atomic E-state index is 0.00340. The molecule has 0 unspecified atom stereocenters. The van der Waals surface area contributed by atoms with E-state index in [0.29, 0.717) is 142 Å². The van der Waals surface area contributed by atoms with Crippen LogP contribution in [-0.4, -0.2) is 85.7 Å². The van der Waals surface area contributed by atoms with Crippen LogP contribution in [0.1, 0.15) is 86.7 Å². The molecule has 9 aromatic carbocycles. The van der Waals surface area contributed by atoms with Gasteiger partial charge >= 0.3 is 17.9 Å². The summed E-state index contributed by atoms with van der Waals surface area (Å²) >= 11 is 22.3. The number of esters is 2. The van der Waals surface area contributed by atoms with Crippen LogP contribution in [0.25, 0.3) is 43.6 Å². The lowest BCUT2D eigenvalue weighted by Crippen LogP contribution is -2.15. The van der Waals surface area contributed by atoms with Gasteiger partial charge in [0.05, 0.1) is 65.2 Å².